The largest absolute Gasteiger partial charge is 0.573 e. The second-order valence-corrected chi connectivity index (χ2v) is 4.98. The van der Waals surface area contributed by atoms with Crippen LogP contribution in [-0.4, -0.2) is 29.6 Å². The van der Waals surface area contributed by atoms with Crippen molar-refractivity contribution < 1.29 is 23.0 Å². The molecule has 0 saturated heterocycles. The summed E-state index contributed by atoms with van der Waals surface area (Å²) in [6, 6.07) is 5.12. The lowest BCUT2D eigenvalue weighted by Gasteiger charge is -2.34. The second kappa shape index (κ2) is 7.36. The van der Waals surface area contributed by atoms with Gasteiger partial charge >= 0.3 is 6.36 Å². The quantitative estimate of drug-likeness (QED) is 0.389. The van der Waals surface area contributed by atoms with Crippen LogP contribution in [0.1, 0.15) is 19.3 Å². The molecule has 1 fully saturated rings. The van der Waals surface area contributed by atoms with Crippen molar-refractivity contribution in [2.75, 3.05) is 11.9 Å². The molecule has 0 amide bonds. The number of benzene rings is 1. The van der Waals surface area contributed by atoms with E-state index in [9.17, 15) is 18.3 Å². The normalized spacial score (nSPS) is 17.2. The number of nitrogens with two attached hydrogens (primary N) is 1. The number of alkyl halides is 3. The topological polar surface area (TPSA) is 79.9 Å². The molecule has 0 aromatic heterocycles. The van der Waals surface area contributed by atoms with Crippen molar-refractivity contribution in [1.82, 2.24) is 0 Å². The predicted octanol–water partition coefficient (Wildman–Crippen LogP) is 2.84. The Hall–Kier alpha value is -1.23. The molecular weight excluding hydrogens is 414 g/mol. The second-order valence-electron chi connectivity index (χ2n) is 4.98. The first-order valence-corrected chi connectivity index (χ1v) is 6.41. The molecule has 4 N–H and O–H groups in total. The monoisotopic (exact) mass is 431 g/mol. The van der Waals surface area contributed by atoms with E-state index in [-0.39, 0.29) is 42.2 Å². The summed E-state index contributed by atoms with van der Waals surface area (Å²) in [7, 11) is 0. The lowest BCUT2D eigenvalue weighted by Crippen LogP contribution is -2.41. The third-order valence-electron chi connectivity index (χ3n) is 3.19. The van der Waals surface area contributed by atoms with E-state index in [1.807, 2.05) is 0 Å². The zero-order valence-electron chi connectivity index (χ0n) is 11.6. The molecule has 1 aliphatic rings. The molecule has 1 aliphatic carbocycles. The van der Waals surface area contributed by atoms with Crippen LogP contribution in [-0.2, 0) is 0 Å². The highest BCUT2D eigenvalue weighted by Gasteiger charge is 2.34. The van der Waals surface area contributed by atoms with Gasteiger partial charge in [-0.05, 0) is 43.5 Å². The molecule has 124 valence electrons. The maximum absolute atomic E-state index is 12.0. The van der Waals surface area contributed by atoms with Gasteiger partial charge in [0.05, 0.1) is 12.1 Å². The summed E-state index contributed by atoms with van der Waals surface area (Å²) in [5.74, 6) is -0.216. The van der Waals surface area contributed by atoms with Crippen molar-refractivity contribution in [3.05, 3.63) is 24.3 Å². The lowest BCUT2D eigenvalue weighted by molar-refractivity contribution is -0.274. The van der Waals surface area contributed by atoms with Crippen LogP contribution in [0, 0.1) is 0 Å². The molecule has 1 saturated carbocycles. The van der Waals surface area contributed by atoms with Gasteiger partial charge in [0, 0.05) is 5.69 Å². The van der Waals surface area contributed by atoms with E-state index in [0.717, 1.165) is 6.42 Å². The van der Waals surface area contributed by atoms with Crippen molar-refractivity contribution in [3.8, 4) is 5.75 Å². The molecule has 1 aromatic carbocycles. The Morgan fingerprint density at radius 1 is 1.32 bits per heavy atom. The Labute approximate surface area is 142 Å². The number of aliphatic imine (C=N–C) groups is 1. The highest BCUT2D eigenvalue weighted by Crippen LogP contribution is 2.31. The number of guanidine groups is 1. The number of halogens is 4. The fraction of sp³-hybridized carbons (Fsp3) is 0.462. The van der Waals surface area contributed by atoms with E-state index < -0.39 is 12.0 Å². The van der Waals surface area contributed by atoms with E-state index in [4.69, 9.17) is 5.73 Å². The minimum Gasteiger partial charge on any atom is -0.406 e. The summed E-state index contributed by atoms with van der Waals surface area (Å²) in [4.78, 5) is 4.02. The van der Waals surface area contributed by atoms with Crippen LogP contribution >= 0.6 is 24.0 Å². The van der Waals surface area contributed by atoms with Crippen LogP contribution in [0.5, 0.6) is 5.75 Å². The molecule has 1 aromatic rings. The van der Waals surface area contributed by atoms with Gasteiger partial charge < -0.3 is 20.9 Å². The molecule has 0 radical (unpaired) electrons. The van der Waals surface area contributed by atoms with Crippen molar-refractivity contribution >= 4 is 35.6 Å². The van der Waals surface area contributed by atoms with E-state index in [2.05, 4.69) is 15.0 Å². The van der Waals surface area contributed by atoms with Crippen molar-refractivity contribution in [3.63, 3.8) is 0 Å². The lowest BCUT2D eigenvalue weighted by atomic mass is 9.80. The third-order valence-corrected chi connectivity index (χ3v) is 3.19. The van der Waals surface area contributed by atoms with Gasteiger partial charge in [-0.15, -0.1) is 37.1 Å². The van der Waals surface area contributed by atoms with E-state index in [1.54, 1.807) is 0 Å². The summed E-state index contributed by atoms with van der Waals surface area (Å²) in [6.07, 6.45) is -2.34. The summed E-state index contributed by atoms with van der Waals surface area (Å²) in [6.45, 7) is 0.209. The molecule has 0 heterocycles. The van der Waals surface area contributed by atoms with Gasteiger partial charge in [-0.25, -0.2) is 0 Å². The number of hydrogen-bond donors (Lipinski definition) is 3. The Kier molecular flexibility index (Phi) is 6.29. The molecule has 0 bridgehead atoms. The number of ether oxygens (including phenoxy) is 1. The molecule has 0 aliphatic heterocycles. The SMILES string of the molecule is I.NC(=NCC1(O)CCC1)Nc1ccc(OC(F)(F)F)cc1. The molecule has 5 nitrogen and oxygen atoms in total. The van der Waals surface area contributed by atoms with Gasteiger partial charge in [-0.3, -0.25) is 4.99 Å². The van der Waals surface area contributed by atoms with E-state index in [1.165, 1.54) is 24.3 Å². The predicted molar refractivity (Wildman–Crippen MR) is 87.5 cm³/mol. The number of anilines is 1. The molecule has 0 unspecified atom stereocenters. The minimum absolute atomic E-state index is 0. The molecular formula is C13H17F3IN3O2. The van der Waals surface area contributed by atoms with Crippen LogP contribution in [0.25, 0.3) is 0 Å². The molecule has 22 heavy (non-hydrogen) atoms. The minimum atomic E-state index is -4.71. The van der Waals surface area contributed by atoms with Crippen LogP contribution in [0.3, 0.4) is 0 Å². The summed E-state index contributed by atoms with van der Waals surface area (Å²) in [5, 5.41) is 12.6. The van der Waals surface area contributed by atoms with Crippen molar-refractivity contribution in [1.29, 1.82) is 0 Å². The Balaban J connectivity index is 0.00000242. The van der Waals surface area contributed by atoms with Gasteiger partial charge in [0.15, 0.2) is 5.96 Å². The van der Waals surface area contributed by atoms with Crippen molar-refractivity contribution in [2.24, 2.45) is 10.7 Å². The number of aliphatic hydroxyl groups is 1. The number of hydrogen-bond acceptors (Lipinski definition) is 3. The Morgan fingerprint density at radius 2 is 1.91 bits per heavy atom. The highest BCUT2D eigenvalue weighted by atomic mass is 127. The first kappa shape index (κ1) is 18.8. The zero-order valence-corrected chi connectivity index (χ0v) is 13.9. The third kappa shape index (κ3) is 5.87. The van der Waals surface area contributed by atoms with Crippen LogP contribution in [0.4, 0.5) is 18.9 Å². The van der Waals surface area contributed by atoms with Crippen molar-refractivity contribution in [2.45, 2.75) is 31.2 Å². The molecule has 0 spiro atoms. The Morgan fingerprint density at radius 3 is 2.36 bits per heavy atom. The van der Waals surface area contributed by atoms with Gasteiger partial charge in [-0.2, -0.15) is 0 Å². The number of nitrogens with one attached hydrogen (secondary N) is 1. The molecule has 0 atom stereocenters. The summed E-state index contributed by atoms with van der Waals surface area (Å²) >= 11 is 0. The van der Waals surface area contributed by atoms with Crippen LogP contribution in [0.15, 0.2) is 29.3 Å². The maximum Gasteiger partial charge on any atom is 0.573 e. The number of nitrogens with zero attached hydrogens (tertiary/aromatic N) is 1. The smallest absolute Gasteiger partial charge is 0.406 e. The first-order chi connectivity index (χ1) is 9.76. The van der Waals surface area contributed by atoms with Crippen LogP contribution < -0.4 is 15.8 Å². The number of rotatable bonds is 4. The maximum atomic E-state index is 12.0. The highest BCUT2D eigenvalue weighted by molar-refractivity contribution is 14.0. The standard InChI is InChI=1S/C13H16F3N3O2.HI/c14-13(15,16)21-10-4-2-9(3-5-10)19-11(17)18-8-12(20)6-1-7-12;/h2-5,20H,1,6-8H2,(H3,17,18,19);1H. The van der Waals surface area contributed by atoms with Gasteiger partial charge in [0.2, 0.25) is 0 Å². The fourth-order valence-corrected chi connectivity index (χ4v) is 1.90. The average Bonchev–Trinajstić information content (AvgIpc) is 2.35. The molecule has 9 heteroatoms. The van der Waals surface area contributed by atoms with E-state index >= 15 is 0 Å². The zero-order chi connectivity index (χ0) is 15.5. The van der Waals surface area contributed by atoms with Gasteiger partial charge in [0.25, 0.3) is 0 Å². The van der Waals surface area contributed by atoms with E-state index in [0.29, 0.717) is 18.5 Å². The summed E-state index contributed by atoms with van der Waals surface area (Å²) in [5.41, 5.74) is 5.36. The first-order valence-electron chi connectivity index (χ1n) is 6.41. The van der Waals surface area contributed by atoms with Gasteiger partial charge in [-0.1, -0.05) is 0 Å². The molecule has 2 rings (SSSR count). The summed E-state index contributed by atoms with van der Waals surface area (Å²) < 4.78 is 39.8. The fourth-order valence-electron chi connectivity index (χ4n) is 1.90. The average molecular weight is 431 g/mol. The van der Waals surface area contributed by atoms with Crippen LogP contribution in [0.2, 0.25) is 0 Å². The Bertz CT molecular complexity index is 516. The van der Waals surface area contributed by atoms with Gasteiger partial charge in [0.1, 0.15) is 5.75 Å².